The van der Waals surface area contributed by atoms with Crippen molar-refractivity contribution < 1.29 is 4.79 Å². The van der Waals surface area contributed by atoms with E-state index in [1.54, 1.807) is 0 Å². The van der Waals surface area contributed by atoms with Crippen molar-refractivity contribution in [3.8, 4) is 0 Å². The van der Waals surface area contributed by atoms with Gasteiger partial charge in [0.1, 0.15) is 6.29 Å². The fraction of sp³-hybridized carbons (Fsp3) is 0.182. The minimum absolute atomic E-state index is 0.410. The second-order valence-electron chi connectivity index (χ2n) is 3.27. The number of hydrogen-bond donors (Lipinski definition) is 0. The molecule has 0 atom stereocenters. The summed E-state index contributed by atoms with van der Waals surface area (Å²) < 4.78 is 2.99. The molecule has 2 aromatic rings. The van der Waals surface area contributed by atoms with Gasteiger partial charge in [-0.05, 0) is 34.5 Å². The number of carbonyl (C=O) groups excluding carboxylic acids is 1. The summed E-state index contributed by atoms with van der Waals surface area (Å²) in [6, 6.07) is 6.06. The average molecular weight is 252 g/mol. The molecular weight excluding hydrogens is 242 g/mol. The second kappa shape index (κ2) is 3.58. The molecule has 0 unspecified atom stereocenters. The standard InChI is InChI=1S/C11H10BrNO/c1-8-7-13(5-6-14)11-9(8)3-2-4-10(11)12/h2-4,6-7H,5H2,1H3. The van der Waals surface area contributed by atoms with Gasteiger partial charge in [-0.25, -0.2) is 0 Å². The topological polar surface area (TPSA) is 22.0 Å². The number of para-hydroxylation sites is 1. The highest BCUT2D eigenvalue weighted by Gasteiger charge is 2.07. The number of halogens is 1. The summed E-state index contributed by atoms with van der Waals surface area (Å²) >= 11 is 3.49. The number of aldehydes is 1. The number of carbonyl (C=O) groups is 1. The predicted molar refractivity (Wildman–Crippen MR) is 60.4 cm³/mol. The summed E-state index contributed by atoms with van der Waals surface area (Å²) in [5.41, 5.74) is 2.29. The molecule has 2 nitrogen and oxygen atoms in total. The molecule has 72 valence electrons. The molecule has 0 amide bonds. The Morgan fingerprint density at radius 2 is 2.29 bits per heavy atom. The van der Waals surface area contributed by atoms with E-state index in [4.69, 9.17) is 0 Å². The van der Waals surface area contributed by atoms with Gasteiger partial charge >= 0.3 is 0 Å². The minimum Gasteiger partial charge on any atom is -0.339 e. The van der Waals surface area contributed by atoms with Gasteiger partial charge in [0.2, 0.25) is 0 Å². The number of nitrogens with zero attached hydrogens (tertiary/aromatic N) is 1. The minimum atomic E-state index is 0.410. The van der Waals surface area contributed by atoms with Crippen LogP contribution in [0, 0.1) is 6.92 Å². The zero-order chi connectivity index (χ0) is 10.1. The quantitative estimate of drug-likeness (QED) is 0.753. The summed E-state index contributed by atoms with van der Waals surface area (Å²) in [6.07, 6.45) is 2.92. The third-order valence-electron chi connectivity index (χ3n) is 2.32. The number of benzene rings is 1. The Kier molecular flexibility index (Phi) is 2.42. The molecular formula is C11H10BrNO. The van der Waals surface area contributed by atoms with Crippen molar-refractivity contribution in [1.82, 2.24) is 4.57 Å². The van der Waals surface area contributed by atoms with Gasteiger partial charge < -0.3 is 9.36 Å². The maximum atomic E-state index is 10.5. The van der Waals surface area contributed by atoms with Gasteiger partial charge in [-0.15, -0.1) is 0 Å². The van der Waals surface area contributed by atoms with Crippen LogP contribution in [0.15, 0.2) is 28.9 Å². The van der Waals surface area contributed by atoms with Crippen molar-refractivity contribution in [1.29, 1.82) is 0 Å². The molecule has 3 heteroatoms. The first kappa shape index (κ1) is 9.46. The molecule has 14 heavy (non-hydrogen) atoms. The highest BCUT2D eigenvalue weighted by atomic mass is 79.9. The van der Waals surface area contributed by atoms with E-state index in [0.717, 1.165) is 16.3 Å². The number of hydrogen-bond acceptors (Lipinski definition) is 1. The van der Waals surface area contributed by atoms with Crippen LogP contribution in [0.4, 0.5) is 0 Å². The van der Waals surface area contributed by atoms with Gasteiger partial charge in [0.05, 0.1) is 12.1 Å². The van der Waals surface area contributed by atoms with Gasteiger partial charge in [-0.3, -0.25) is 0 Å². The Hall–Kier alpha value is -1.09. The van der Waals surface area contributed by atoms with E-state index >= 15 is 0 Å². The van der Waals surface area contributed by atoms with E-state index in [0.29, 0.717) is 6.54 Å². The maximum Gasteiger partial charge on any atom is 0.139 e. The third-order valence-corrected chi connectivity index (χ3v) is 2.96. The van der Waals surface area contributed by atoms with Gasteiger partial charge in [0, 0.05) is 16.1 Å². The molecule has 0 spiro atoms. The van der Waals surface area contributed by atoms with Crippen molar-refractivity contribution >= 4 is 33.1 Å². The molecule has 0 N–H and O–H groups in total. The lowest BCUT2D eigenvalue weighted by atomic mass is 10.2. The average Bonchev–Trinajstić information content (AvgIpc) is 2.46. The van der Waals surface area contributed by atoms with E-state index in [1.807, 2.05) is 22.9 Å². The van der Waals surface area contributed by atoms with Crippen molar-refractivity contribution in [3.63, 3.8) is 0 Å². The molecule has 0 aliphatic carbocycles. The number of aryl methyl sites for hydroxylation is 1. The van der Waals surface area contributed by atoms with Crippen LogP contribution in [0.1, 0.15) is 5.56 Å². The third kappa shape index (κ3) is 1.38. The molecule has 0 aliphatic rings. The summed E-state index contributed by atoms with van der Waals surface area (Å²) in [6.45, 7) is 2.46. The predicted octanol–water partition coefficient (Wildman–Crippen LogP) is 2.91. The Labute approximate surface area is 90.7 Å². The van der Waals surface area contributed by atoms with E-state index in [9.17, 15) is 4.79 Å². The molecule has 2 rings (SSSR count). The smallest absolute Gasteiger partial charge is 0.139 e. The Bertz CT molecular complexity index is 487. The van der Waals surface area contributed by atoms with Crippen molar-refractivity contribution in [2.24, 2.45) is 0 Å². The maximum absolute atomic E-state index is 10.5. The molecule has 0 aliphatic heterocycles. The zero-order valence-corrected chi connectivity index (χ0v) is 9.41. The molecule has 0 saturated carbocycles. The summed E-state index contributed by atoms with van der Waals surface area (Å²) in [5, 5.41) is 1.20. The lowest BCUT2D eigenvalue weighted by molar-refractivity contribution is -0.108. The van der Waals surface area contributed by atoms with Gasteiger partial charge in [0.15, 0.2) is 0 Å². The first-order chi connectivity index (χ1) is 6.74. The number of rotatable bonds is 2. The molecule has 0 radical (unpaired) electrons. The zero-order valence-electron chi connectivity index (χ0n) is 7.83. The van der Waals surface area contributed by atoms with E-state index in [2.05, 4.69) is 28.9 Å². The van der Waals surface area contributed by atoms with Crippen LogP contribution in [0.2, 0.25) is 0 Å². The molecule has 1 aromatic carbocycles. The first-order valence-electron chi connectivity index (χ1n) is 4.41. The normalized spacial score (nSPS) is 10.7. The van der Waals surface area contributed by atoms with Crippen LogP contribution in [-0.4, -0.2) is 10.9 Å². The van der Waals surface area contributed by atoms with Crippen LogP contribution >= 0.6 is 15.9 Å². The van der Waals surface area contributed by atoms with Crippen LogP contribution in [0.5, 0.6) is 0 Å². The van der Waals surface area contributed by atoms with Gasteiger partial charge in [-0.2, -0.15) is 0 Å². The summed E-state index contributed by atoms with van der Waals surface area (Å²) in [7, 11) is 0. The monoisotopic (exact) mass is 251 g/mol. The molecule has 0 bridgehead atoms. The van der Waals surface area contributed by atoms with Crippen LogP contribution in [-0.2, 0) is 11.3 Å². The molecule has 1 aromatic heterocycles. The van der Waals surface area contributed by atoms with Crippen LogP contribution < -0.4 is 0 Å². The molecule has 0 fully saturated rings. The van der Waals surface area contributed by atoms with E-state index < -0.39 is 0 Å². The Morgan fingerprint density at radius 3 is 3.00 bits per heavy atom. The van der Waals surface area contributed by atoms with Gasteiger partial charge in [0.25, 0.3) is 0 Å². The van der Waals surface area contributed by atoms with Crippen molar-refractivity contribution in [3.05, 3.63) is 34.4 Å². The first-order valence-corrected chi connectivity index (χ1v) is 5.21. The Morgan fingerprint density at radius 1 is 1.50 bits per heavy atom. The second-order valence-corrected chi connectivity index (χ2v) is 4.12. The summed E-state index contributed by atoms with van der Waals surface area (Å²) in [5.74, 6) is 0. The van der Waals surface area contributed by atoms with Crippen LogP contribution in [0.25, 0.3) is 10.9 Å². The highest BCUT2D eigenvalue weighted by Crippen LogP contribution is 2.27. The van der Waals surface area contributed by atoms with E-state index in [-0.39, 0.29) is 0 Å². The van der Waals surface area contributed by atoms with E-state index in [1.165, 1.54) is 10.9 Å². The largest absolute Gasteiger partial charge is 0.339 e. The Balaban J connectivity index is 2.78. The summed E-state index contributed by atoms with van der Waals surface area (Å²) in [4.78, 5) is 10.5. The number of fused-ring (bicyclic) bond motifs is 1. The highest BCUT2D eigenvalue weighted by molar-refractivity contribution is 9.10. The lowest BCUT2D eigenvalue weighted by Gasteiger charge is -2.01. The molecule has 0 saturated heterocycles. The fourth-order valence-corrected chi connectivity index (χ4v) is 2.31. The van der Waals surface area contributed by atoms with Gasteiger partial charge in [-0.1, -0.05) is 12.1 Å². The lowest BCUT2D eigenvalue weighted by Crippen LogP contribution is -1.96. The SMILES string of the molecule is Cc1cn(CC=O)c2c(Br)cccc12. The fourth-order valence-electron chi connectivity index (χ4n) is 1.72. The molecule has 1 heterocycles. The van der Waals surface area contributed by atoms with Crippen molar-refractivity contribution in [2.45, 2.75) is 13.5 Å². The van der Waals surface area contributed by atoms with Crippen LogP contribution in [0.3, 0.4) is 0 Å². The number of aromatic nitrogens is 1. The van der Waals surface area contributed by atoms with Crippen molar-refractivity contribution in [2.75, 3.05) is 0 Å².